The van der Waals surface area contributed by atoms with Crippen molar-refractivity contribution in [3.05, 3.63) is 76.4 Å². The molecule has 0 bridgehead atoms. The summed E-state index contributed by atoms with van der Waals surface area (Å²) in [6.45, 7) is 2.45. The minimum absolute atomic E-state index is 0.117. The Kier molecular flexibility index (Phi) is 6.17. The number of carbonyl (C=O) groups is 2. The molecular formula is C22H20N4O3. The Morgan fingerprint density at radius 3 is 2.48 bits per heavy atom. The van der Waals surface area contributed by atoms with E-state index in [1.54, 1.807) is 30.3 Å². The summed E-state index contributed by atoms with van der Waals surface area (Å²) < 4.78 is 4.91. The number of rotatable bonds is 5. The number of nitrogens with one attached hydrogen (secondary N) is 2. The van der Waals surface area contributed by atoms with Crippen LogP contribution in [0.1, 0.15) is 27.0 Å². The van der Waals surface area contributed by atoms with E-state index in [9.17, 15) is 14.9 Å². The molecule has 1 aliphatic heterocycles. The van der Waals surface area contributed by atoms with Crippen molar-refractivity contribution in [3.8, 4) is 6.07 Å². The van der Waals surface area contributed by atoms with Crippen LogP contribution in [-0.4, -0.2) is 37.9 Å². The topological polar surface area (TPSA) is 104 Å². The zero-order chi connectivity index (χ0) is 20.8. The van der Waals surface area contributed by atoms with Crippen molar-refractivity contribution in [2.24, 2.45) is 4.99 Å². The highest BCUT2D eigenvalue weighted by Gasteiger charge is 2.27. The monoisotopic (exact) mass is 388 g/mol. The molecular weight excluding hydrogens is 368 g/mol. The number of fused-ring (bicyclic) bond motifs is 1. The number of amidine groups is 1. The van der Waals surface area contributed by atoms with Crippen molar-refractivity contribution in [2.45, 2.75) is 6.92 Å². The number of carbonyl (C=O) groups excluding carboxylic acids is 2. The summed E-state index contributed by atoms with van der Waals surface area (Å²) in [6, 6.07) is 16.3. The van der Waals surface area contributed by atoms with E-state index in [1.807, 2.05) is 31.2 Å². The van der Waals surface area contributed by atoms with Gasteiger partial charge in [-0.2, -0.15) is 5.26 Å². The molecule has 29 heavy (non-hydrogen) atoms. The average Bonchev–Trinajstić information content (AvgIpc) is 3.07. The summed E-state index contributed by atoms with van der Waals surface area (Å²) in [5.41, 5.74) is 2.76. The summed E-state index contributed by atoms with van der Waals surface area (Å²) in [4.78, 5) is 29.6. The van der Waals surface area contributed by atoms with E-state index in [1.165, 1.54) is 7.11 Å². The number of aliphatic imine (C=N–C) groups is 1. The highest BCUT2D eigenvalue weighted by atomic mass is 16.5. The summed E-state index contributed by atoms with van der Waals surface area (Å²) >= 11 is 0. The molecule has 3 rings (SSSR count). The highest BCUT2D eigenvalue weighted by molar-refractivity contribution is 6.20. The zero-order valence-corrected chi connectivity index (χ0v) is 16.2. The quantitative estimate of drug-likeness (QED) is 0.465. The lowest BCUT2D eigenvalue weighted by atomic mass is 10.0. The smallest absolute Gasteiger partial charge is 0.264 e. The molecule has 0 radical (unpaired) electrons. The molecule has 146 valence electrons. The van der Waals surface area contributed by atoms with E-state index < -0.39 is 5.91 Å². The van der Waals surface area contributed by atoms with Gasteiger partial charge in [0.2, 0.25) is 0 Å². The van der Waals surface area contributed by atoms with Crippen molar-refractivity contribution < 1.29 is 14.3 Å². The van der Waals surface area contributed by atoms with E-state index in [4.69, 9.17) is 4.74 Å². The van der Waals surface area contributed by atoms with Crippen molar-refractivity contribution in [2.75, 3.05) is 20.3 Å². The Bertz CT molecular complexity index is 1060. The van der Waals surface area contributed by atoms with E-state index in [0.29, 0.717) is 29.1 Å². The minimum atomic E-state index is -0.537. The van der Waals surface area contributed by atoms with Crippen LogP contribution in [0.25, 0.3) is 5.70 Å². The fourth-order valence-corrected chi connectivity index (χ4v) is 2.98. The Morgan fingerprint density at radius 2 is 1.79 bits per heavy atom. The van der Waals surface area contributed by atoms with Crippen molar-refractivity contribution in [3.63, 3.8) is 0 Å². The zero-order valence-electron chi connectivity index (χ0n) is 16.2. The number of nitriles is 1. The van der Waals surface area contributed by atoms with Gasteiger partial charge in [-0.1, -0.05) is 42.5 Å². The van der Waals surface area contributed by atoms with Gasteiger partial charge >= 0.3 is 0 Å². The number of amides is 2. The lowest BCUT2D eigenvalue weighted by molar-refractivity contribution is -0.117. The third-order valence-corrected chi connectivity index (χ3v) is 4.45. The van der Waals surface area contributed by atoms with E-state index in [-0.39, 0.29) is 23.7 Å². The normalized spacial score (nSPS) is 13.8. The van der Waals surface area contributed by atoms with Gasteiger partial charge in [-0.25, -0.2) is 4.99 Å². The molecule has 1 aliphatic rings. The molecule has 0 aliphatic carbocycles. The number of hydrogen-bond acceptors (Lipinski definition) is 5. The second kappa shape index (κ2) is 8.95. The maximum absolute atomic E-state index is 12.7. The standard InChI is InChI=1S/C22H20N4O3/c1-14-7-3-4-8-15(14)22(28)26-20-17-10-6-5-9-16(17)19(25-20)18(13-23)21(27)24-11-12-29-2/h3-10H,11-12H2,1-2H3,(H,24,27)(H,25,26,28). The van der Waals surface area contributed by atoms with Gasteiger partial charge in [0.05, 0.1) is 12.3 Å². The molecule has 7 heteroatoms. The molecule has 0 atom stereocenters. The Balaban J connectivity index is 1.96. The van der Waals surface area contributed by atoms with Crippen LogP contribution in [0.4, 0.5) is 0 Å². The first-order valence-electron chi connectivity index (χ1n) is 9.03. The van der Waals surface area contributed by atoms with Crippen LogP contribution >= 0.6 is 0 Å². The Hall–Kier alpha value is -3.76. The van der Waals surface area contributed by atoms with Crippen LogP contribution in [0.15, 0.2) is 59.1 Å². The Labute approximate surface area is 168 Å². The molecule has 0 fully saturated rings. The van der Waals surface area contributed by atoms with Gasteiger partial charge in [-0.15, -0.1) is 0 Å². The second-order valence-corrected chi connectivity index (χ2v) is 6.36. The SMILES string of the molecule is COCCNC(=O)C(C#N)=C1N=C(NC(=O)c2ccccc2C)c2ccccc21. The van der Waals surface area contributed by atoms with Crippen LogP contribution in [0.3, 0.4) is 0 Å². The maximum atomic E-state index is 12.7. The minimum Gasteiger partial charge on any atom is -0.383 e. The Morgan fingerprint density at radius 1 is 1.10 bits per heavy atom. The predicted molar refractivity (Wildman–Crippen MR) is 109 cm³/mol. The highest BCUT2D eigenvalue weighted by Crippen LogP contribution is 2.30. The first-order valence-corrected chi connectivity index (χ1v) is 9.03. The van der Waals surface area contributed by atoms with Crippen LogP contribution in [0, 0.1) is 18.3 Å². The van der Waals surface area contributed by atoms with Crippen LogP contribution in [-0.2, 0) is 9.53 Å². The van der Waals surface area contributed by atoms with Gasteiger partial charge in [0.25, 0.3) is 11.8 Å². The van der Waals surface area contributed by atoms with Gasteiger partial charge in [0.1, 0.15) is 17.5 Å². The molecule has 2 amide bonds. The van der Waals surface area contributed by atoms with Gasteiger partial charge < -0.3 is 15.4 Å². The molecule has 2 N–H and O–H groups in total. The number of benzene rings is 2. The number of hydrogen-bond donors (Lipinski definition) is 2. The summed E-state index contributed by atoms with van der Waals surface area (Å²) in [5.74, 6) is -0.535. The van der Waals surface area contributed by atoms with Gasteiger partial charge in [0.15, 0.2) is 0 Å². The molecule has 7 nitrogen and oxygen atoms in total. The summed E-state index contributed by atoms with van der Waals surface area (Å²) in [5, 5.41) is 15.0. The summed E-state index contributed by atoms with van der Waals surface area (Å²) in [6.07, 6.45) is 0. The molecule has 1 heterocycles. The third kappa shape index (κ3) is 4.23. The molecule has 0 spiro atoms. The van der Waals surface area contributed by atoms with Crippen molar-refractivity contribution >= 4 is 23.3 Å². The van der Waals surface area contributed by atoms with Gasteiger partial charge in [-0.05, 0) is 18.6 Å². The lowest BCUT2D eigenvalue weighted by Crippen LogP contribution is -2.30. The molecule has 0 saturated heterocycles. The molecule has 2 aromatic rings. The first-order chi connectivity index (χ1) is 14.1. The number of nitrogens with zero attached hydrogens (tertiary/aromatic N) is 2. The second-order valence-electron chi connectivity index (χ2n) is 6.36. The van der Waals surface area contributed by atoms with Crippen LogP contribution in [0.2, 0.25) is 0 Å². The van der Waals surface area contributed by atoms with E-state index in [0.717, 1.165) is 5.56 Å². The number of methoxy groups -OCH3 is 1. The molecule has 0 aromatic heterocycles. The van der Waals surface area contributed by atoms with E-state index in [2.05, 4.69) is 15.6 Å². The van der Waals surface area contributed by atoms with Crippen LogP contribution < -0.4 is 10.6 Å². The molecule has 0 unspecified atom stereocenters. The molecule has 2 aromatic carbocycles. The van der Waals surface area contributed by atoms with Crippen LogP contribution in [0.5, 0.6) is 0 Å². The lowest BCUT2D eigenvalue weighted by Gasteiger charge is -2.08. The maximum Gasteiger partial charge on any atom is 0.264 e. The van der Waals surface area contributed by atoms with E-state index >= 15 is 0 Å². The summed E-state index contributed by atoms with van der Waals surface area (Å²) in [7, 11) is 1.52. The largest absolute Gasteiger partial charge is 0.383 e. The predicted octanol–water partition coefficient (Wildman–Crippen LogP) is 2.18. The van der Waals surface area contributed by atoms with Crippen molar-refractivity contribution in [1.82, 2.24) is 10.6 Å². The third-order valence-electron chi connectivity index (χ3n) is 4.45. The van der Waals surface area contributed by atoms with Crippen molar-refractivity contribution in [1.29, 1.82) is 5.26 Å². The average molecular weight is 388 g/mol. The van der Waals surface area contributed by atoms with Gasteiger partial charge in [0, 0.05) is 30.3 Å². The first kappa shape index (κ1) is 20.0. The number of aryl methyl sites for hydroxylation is 1. The van der Waals surface area contributed by atoms with Gasteiger partial charge in [-0.3, -0.25) is 9.59 Å². The fourth-order valence-electron chi connectivity index (χ4n) is 2.98. The number of ether oxygens (including phenoxy) is 1. The fraction of sp³-hybridized carbons (Fsp3) is 0.182. The molecule has 0 saturated carbocycles.